The number of aromatic nitrogens is 1. The number of fused-ring (bicyclic) bond motifs is 1. The van der Waals surface area contributed by atoms with Crippen LogP contribution in [0.25, 0.3) is 10.9 Å². The molecule has 1 aromatic heterocycles. The minimum atomic E-state index is 0.130. The molecule has 28 heavy (non-hydrogen) atoms. The van der Waals surface area contributed by atoms with Gasteiger partial charge < -0.3 is 19.1 Å². The van der Waals surface area contributed by atoms with Gasteiger partial charge in [-0.25, -0.2) is 0 Å². The van der Waals surface area contributed by atoms with E-state index in [-0.39, 0.29) is 5.54 Å². The van der Waals surface area contributed by atoms with Crippen LogP contribution >= 0.6 is 11.6 Å². The number of halogens is 1. The van der Waals surface area contributed by atoms with E-state index in [9.17, 15) is 0 Å². The van der Waals surface area contributed by atoms with Crippen molar-refractivity contribution in [2.75, 3.05) is 27.8 Å². The van der Waals surface area contributed by atoms with Gasteiger partial charge in [-0.15, -0.1) is 0 Å². The summed E-state index contributed by atoms with van der Waals surface area (Å²) >= 11 is 6.06. The predicted octanol–water partition coefficient (Wildman–Crippen LogP) is 5.16. The molecular weight excluding hydrogens is 376 g/mol. The Morgan fingerprint density at radius 2 is 1.89 bits per heavy atom. The lowest BCUT2D eigenvalue weighted by molar-refractivity contribution is 0.164. The van der Waals surface area contributed by atoms with Crippen molar-refractivity contribution >= 4 is 22.5 Å². The Balaban J connectivity index is 1.65. The minimum Gasteiger partial charge on any atom is -0.493 e. The van der Waals surface area contributed by atoms with Crippen LogP contribution in [0.4, 0.5) is 0 Å². The maximum Gasteiger partial charge on any atom is 0.163 e. The van der Waals surface area contributed by atoms with Crippen LogP contribution in [0, 0.1) is 0 Å². The molecule has 1 fully saturated rings. The van der Waals surface area contributed by atoms with Gasteiger partial charge in [0, 0.05) is 22.7 Å². The zero-order chi connectivity index (χ0) is 19.7. The first-order valence-electron chi connectivity index (χ1n) is 9.21. The van der Waals surface area contributed by atoms with Crippen molar-refractivity contribution in [2.45, 2.75) is 18.4 Å². The lowest BCUT2D eigenvalue weighted by atomic mass is 10.1. The van der Waals surface area contributed by atoms with E-state index in [1.165, 1.54) is 0 Å². The summed E-state index contributed by atoms with van der Waals surface area (Å²) in [7, 11) is 5.82. The molecule has 0 amide bonds. The molecular formula is C22H23ClN2O3. The second-order valence-electron chi connectivity index (χ2n) is 7.30. The molecule has 4 rings (SSSR count). The molecule has 0 atom stereocenters. The average Bonchev–Trinajstić information content (AvgIpc) is 3.47. The van der Waals surface area contributed by atoms with E-state index in [2.05, 4.69) is 24.0 Å². The molecule has 0 spiro atoms. The van der Waals surface area contributed by atoms with E-state index in [1.807, 2.05) is 36.4 Å². The largest absolute Gasteiger partial charge is 0.493 e. The quantitative estimate of drug-likeness (QED) is 0.549. The van der Waals surface area contributed by atoms with Gasteiger partial charge in [0.1, 0.15) is 18.1 Å². The summed E-state index contributed by atoms with van der Waals surface area (Å²) in [5, 5.41) is 1.47. The third kappa shape index (κ3) is 3.73. The fourth-order valence-corrected chi connectivity index (χ4v) is 3.40. The van der Waals surface area contributed by atoms with E-state index in [0.29, 0.717) is 34.6 Å². The maximum atomic E-state index is 6.13. The van der Waals surface area contributed by atoms with Crippen LogP contribution in [-0.2, 0) is 0 Å². The number of methoxy groups -OCH3 is 1. The smallest absolute Gasteiger partial charge is 0.163 e. The van der Waals surface area contributed by atoms with E-state index < -0.39 is 0 Å². The molecule has 0 radical (unpaired) electrons. The second-order valence-corrected chi connectivity index (χ2v) is 7.73. The van der Waals surface area contributed by atoms with E-state index in [0.717, 1.165) is 23.7 Å². The zero-order valence-electron chi connectivity index (χ0n) is 16.2. The first-order valence-corrected chi connectivity index (χ1v) is 9.59. The van der Waals surface area contributed by atoms with Gasteiger partial charge in [0.25, 0.3) is 0 Å². The number of likely N-dealkylation sites (N-methyl/N-ethyl adjacent to an activating group) is 1. The van der Waals surface area contributed by atoms with Gasteiger partial charge in [0.15, 0.2) is 11.5 Å². The highest BCUT2D eigenvalue weighted by molar-refractivity contribution is 6.30. The Morgan fingerprint density at radius 3 is 2.57 bits per heavy atom. The lowest BCUT2D eigenvalue weighted by Crippen LogP contribution is -2.35. The van der Waals surface area contributed by atoms with E-state index in [4.69, 9.17) is 25.8 Å². The molecule has 0 aliphatic heterocycles. The fourth-order valence-electron chi connectivity index (χ4n) is 3.22. The number of rotatable bonds is 7. The Bertz CT molecular complexity index is 1000. The van der Waals surface area contributed by atoms with Gasteiger partial charge in [-0.2, -0.15) is 0 Å². The summed E-state index contributed by atoms with van der Waals surface area (Å²) in [5.74, 6) is 2.70. The summed E-state index contributed by atoms with van der Waals surface area (Å²) in [6, 6.07) is 13.0. The van der Waals surface area contributed by atoms with Crippen molar-refractivity contribution in [3.8, 4) is 23.0 Å². The third-order valence-electron chi connectivity index (χ3n) is 5.28. The highest BCUT2D eigenvalue weighted by Crippen LogP contribution is 2.42. The van der Waals surface area contributed by atoms with Crippen molar-refractivity contribution in [1.29, 1.82) is 0 Å². The Kier molecular flexibility index (Phi) is 5.04. The van der Waals surface area contributed by atoms with Gasteiger partial charge in [-0.1, -0.05) is 17.7 Å². The first-order chi connectivity index (χ1) is 13.5. The molecule has 0 bridgehead atoms. The Hall–Kier alpha value is -2.50. The molecule has 5 nitrogen and oxygen atoms in total. The van der Waals surface area contributed by atoms with Gasteiger partial charge in [-0.3, -0.25) is 4.98 Å². The molecule has 1 aliphatic rings. The van der Waals surface area contributed by atoms with Crippen LogP contribution in [0.2, 0.25) is 5.02 Å². The normalized spacial score (nSPS) is 14.9. The van der Waals surface area contributed by atoms with Crippen LogP contribution in [-0.4, -0.2) is 43.2 Å². The number of nitrogens with zero attached hydrogens (tertiary/aromatic N) is 2. The van der Waals surface area contributed by atoms with Gasteiger partial charge in [0.05, 0.1) is 18.2 Å². The van der Waals surface area contributed by atoms with E-state index >= 15 is 0 Å². The first kappa shape index (κ1) is 18.8. The third-order valence-corrected chi connectivity index (χ3v) is 5.52. The number of hydrogen-bond acceptors (Lipinski definition) is 5. The minimum absolute atomic E-state index is 0.130. The van der Waals surface area contributed by atoms with Crippen LogP contribution in [0.3, 0.4) is 0 Å². The van der Waals surface area contributed by atoms with Crippen molar-refractivity contribution in [3.05, 3.63) is 53.7 Å². The molecule has 1 heterocycles. The highest BCUT2D eigenvalue weighted by atomic mass is 35.5. The summed E-state index contributed by atoms with van der Waals surface area (Å²) < 4.78 is 17.8. The Labute approximate surface area is 169 Å². The summed E-state index contributed by atoms with van der Waals surface area (Å²) in [5.41, 5.74) is 0.912. The molecule has 6 heteroatoms. The fraction of sp³-hybridized carbons (Fsp3) is 0.318. The molecule has 1 aliphatic carbocycles. The lowest BCUT2D eigenvalue weighted by Gasteiger charge is -2.24. The van der Waals surface area contributed by atoms with Gasteiger partial charge in [0.2, 0.25) is 0 Å². The predicted molar refractivity (Wildman–Crippen MR) is 111 cm³/mol. The average molecular weight is 399 g/mol. The monoisotopic (exact) mass is 398 g/mol. The van der Waals surface area contributed by atoms with Gasteiger partial charge >= 0.3 is 0 Å². The molecule has 0 unspecified atom stereocenters. The van der Waals surface area contributed by atoms with Crippen LogP contribution in [0.15, 0.2) is 48.7 Å². The van der Waals surface area contributed by atoms with Crippen LogP contribution in [0.1, 0.15) is 12.8 Å². The zero-order valence-corrected chi connectivity index (χ0v) is 17.0. The molecule has 0 saturated heterocycles. The Morgan fingerprint density at radius 1 is 1.07 bits per heavy atom. The standard InChI is InChI=1S/C22H23ClN2O3/c1-25(2)22(8-9-22)14-27-21-13-18-17(12-20(21)26-3)19(7-10-24-18)28-16-6-4-5-15(23)11-16/h4-7,10-13H,8-9,14H2,1-3H3. The maximum absolute atomic E-state index is 6.13. The summed E-state index contributed by atoms with van der Waals surface area (Å²) in [6.07, 6.45) is 4.01. The number of ether oxygens (including phenoxy) is 3. The van der Waals surface area contributed by atoms with Crippen molar-refractivity contribution in [1.82, 2.24) is 9.88 Å². The summed E-state index contributed by atoms with van der Waals surface area (Å²) in [6.45, 7) is 0.626. The molecule has 1 saturated carbocycles. The van der Waals surface area contributed by atoms with E-state index in [1.54, 1.807) is 19.4 Å². The molecule has 2 aromatic carbocycles. The number of pyridine rings is 1. The molecule has 146 valence electrons. The summed E-state index contributed by atoms with van der Waals surface area (Å²) in [4.78, 5) is 6.71. The number of benzene rings is 2. The van der Waals surface area contributed by atoms with Crippen molar-refractivity contribution in [3.63, 3.8) is 0 Å². The van der Waals surface area contributed by atoms with Gasteiger partial charge in [-0.05, 0) is 57.3 Å². The van der Waals surface area contributed by atoms with Crippen LogP contribution in [0.5, 0.6) is 23.0 Å². The second kappa shape index (κ2) is 7.49. The number of hydrogen-bond donors (Lipinski definition) is 0. The van der Waals surface area contributed by atoms with Crippen LogP contribution < -0.4 is 14.2 Å². The molecule has 3 aromatic rings. The van der Waals surface area contributed by atoms with Crippen molar-refractivity contribution < 1.29 is 14.2 Å². The highest BCUT2D eigenvalue weighted by Gasteiger charge is 2.45. The molecule has 0 N–H and O–H groups in total. The topological polar surface area (TPSA) is 43.8 Å². The van der Waals surface area contributed by atoms with Crippen molar-refractivity contribution in [2.24, 2.45) is 0 Å². The SMILES string of the molecule is COc1cc2c(Oc3cccc(Cl)c3)ccnc2cc1OCC1(N(C)C)CC1.